The maximum absolute atomic E-state index is 13.1. The molecule has 30 heavy (non-hydrogen) atoms. The first-order valence-electron chi connectivity index (χ1n) is 10.7. The van der Waals surface area contributed by atoms with Gasteiger partial charge in [0.15, 0.2) is 0 Å². The molecular formula is C24H35O3PS2. The van der Waals surface area contributed by atoms with E-state index in [0.717, 1.165) is 35.5 Å². The summed E-state index contributed by atoms with van der Waals surface area (Å²) in [5, 5.41) is 0. The van der Waals surface area contributed by atoms with Gasteiger partial charge in [0, 0.05) is 9.79 Å². The Morgan fingerprint density at radius 2 is 0.967 bits per heavy atom. The predicted octanol–water partition coefficient (Wildman–Crippen LogP) is 8.64. The zero-order chi connectivity index (χ0) is 22.2. The summed E-state index contributed by atoms with van der Waals surface area (Å²) in [5.74, 6) is 0. The molecule has 0 heterocycles. The molecule has 2 aromatic rings. The molecule has 0 aliphatic heterocycles. The van der Waals surface area contributed by atoms with E-state index in [4.69, 9.17) is 9.05 Å². The van der Waals surface area contributed by atoms with Crippen molar-refractivity contribution in [3.8, 4) is 0 Å². The standard InChI is InChI=1S/C24H35O3PS2/c1-7-23(8-2,29-21-15-11-19(5)12-16-21)26-28(25)27-24(9-3,10-4)30-22-17-13-20(6)14-18-22/h11-18,28H,7-10H2,1-6H3. The highest BCUT2D eigenvalue weighted by molar-refractivity contribution is 8.01. The highest BCUT2D eigenvalue weighted by atomic mass is 32.2. The van der Waals surface area contributed by atoms with Gasteiger partial charge in [0.25, 0.3) is 0 Å². The molecule has 0 aliphatic rings. The van der Waals surface area contributed by atoms with Gasteiger partial charge >= 0.3 is 8.25 Å². The smallest absolute Gasteiger partial charge is 0.293 e. The Bertz CT molecular complexity index is 731. The lowest BCUT2D eigenvalue weighted by Gasteiger charge is -2.35. The van der Waals surface area contributed by atoms with Gasteiger partial charge in [-0.3, -0.25) is 13.6 Å². The molecule has 0 spiro atoms. The Morgan fingerprint density at radius 1 is 0.667 bits per heavy atom. The minimum Gasteiger partial charge on any atom is -0.293 e. The Kier molecular flexibility index (Phi) is 10.0. The molecule has 3 nitrogen and oxygen atoms in total. The molecule has 0 aliphatic carbocycles. The Labute approximate surface area is 191 Å². The molecule has 0 atom stereocenters. The minimum absolute atomic E-state index is 0.562. The van der Waals surface area contributed by atoms with Crippen LogP contribution in [0.25, 0.3) is 0 Å². The molecule has 2 aromatic carbocycles. The van der Waals surface area contributed by atoms with Crippen LogP contribution in [-0.4, -0.2) is 9.87 Å². The average Bonchev–Trinajstić information content (AvgIpc) is 2.75. The normalized spacial score (nSPS) is 12.5. The lowest BCUT2D eigenvalue weighted by Crippen LogP contribution is -2.28. The quantitative estimate of drug-likeness (QED) is 0.178. The molecule has 0 saturated carbocycles. The molecule has 0 unspecified atom stereocenters. The highest BCUT2D eigenvalue weighted by Crippen LogP contribution is 2.51. The van der Waals surface area contributed by atoms with Gasteiger partial charge in [-0.15, -0.1) is 0 Å². The number of aryl methyl sites for hydroxylation is 2. The van der Waals surface area contributed by atoms with Crippen LogP contribution < -0.4 is 0 Å². The second-order valence-electron chi connectivity index (χ2n) is 7.52. The first-order valence-corrected chi connectivity index (χ1v) is 13.6. The van der Waals surface area contributed by atoms with E-state index in [1.165, 1.54) is 11.1 Å². The lowest BCUT2D eigenvalue weighted by atomic mass is 10.2. The van der Waals surface area contributed by atoms with Crippen molar-refractivity contribution in [3.63, 3.8) is 0 Å². The number of rotatable bonds is 12. The van der Waals surface area contributed by atoms with E-state index >= 15 is 0 Å². The monoisotopic (exact) mass is 466 g/mol. The van der Waals surface area contributed by atoms with Crippen LogP contribution >= 0.6 is 31.8 Å². The molecule has 0 fully saturated rings. The van der Waals surface area contributed by atoms with Crippen LogP contribution in [-0.2, 0) is 13.6 Å². The molecule has 6 heteroatoms. The van der Waals surface area contributed by atoms with Crippen LogP contribution in [0.4, 0.5) is 0 Å². The van der Waals surface area contributed by atoms with Crippen molar-refractivity contribution in [1.82, 2.24) is 0 Å². The van der Waals surface area contributed by atoms with Crippen molar-refractivity contribution in [2.75, 3.05) is 0 Å². The average molecular weight is 467 g/mol. The first kappa shape index (κ1) is 25.5. The molecule has 0 N–H and O–H groups in total. The molecule has 2 rings (SSSR count). The van der Waals surface area contributed by atoms with Crippen molar-refractivity contribution >= 4 is 31.8 Å². The van der Waals surface area contributed by atoms with Crippen LogP contribution in [0.2, 0.25) is 0 Å². The van der Waals surface area contributed by atoms with Gasteiger partial charge in [-0.25, -0.2) is 0 Å². The van der Waals surface area contributed by atoms with Crippen LogP contribution in [0, 0.1) is 13.8 Å². The fourth-order valence-electron chi connectivity index (χ4n) is 3.09. The van der Waals surface area contributed by atoms with E-state index in [1.54, 1.807) is 23.5 Å². The first-order chi connectivity index (χ1) is 14.3. The number of hydrogen-bond acceptors (Lipinski definition) is 5. The van der Waals surface area contributed by atoms with Crippen LogP contribution in [0.5, 0.6) is 0 Å². The molecular weight excluding hydrogens is 431 g/mol. The summed E-state index contributed by atoms with van der Waals surface area (Å²) in [6, 6.07) is 16.7. The van der Waals surface area contributed by atoms with Gasteiger partial charge in [0.2, 0.25) is 0 Å². The summed E-state index contributed by atoms with van der Waals surface area (Å²) in [4.78, 5) is 1.11. The second kappa shape index (κ2) is 11.8. The van der Waals surface area contributed by atoms with Crippen molar-refractivity contribution in [2.45, 2.75) is 86.9 Å². The summed E-state index contributed by atoms with van der Waals surface area (Å²) in [5.41, 5.74) is 2.44. The van der Waals surface area contributed by atoms with Crippen LogP contribution in [0.1, 0.15) is 64.5 Å². The van der Waals surface area contributed by atoms with Gasteiger partial charge in [-0.05, 0) is 63.8 Å². The third-order valence-corrected chi connectivity index (χ3v) is 9.83. The number of thioether (sulfide) groups is 2. The van der Waals surface area contributed by atoms with Gasteiger partial charge in [0.05, 0.1) is 0 Å². The van der Waals surface area contributed by atoms with E-state index in [0.29, 0.717) is 0 Å². The van der Waals surface area contributed by atoms with Gasteiger partial charge in [0.1, 0.15) is 9.87 Å². The Morgan fingerprint density at radius 3 is 1.23 bits per heavy atom. The summed E-state index contributed by atoms with van der Waals surface area (Å²) in [6.45, 7) is 12.5. The van der Waals surface area contributed by atoms with Gasteiger partial charge < -0.3 is 0 Å². The lowest BCUT2D eigenvalue weighted by molar-refractivity contribution is 0.0881. The van der Waals surface area contributed by atoms with E-state index in [1.807, 2.05) is 0 Å². The molecule has 166 valence electrons. The van der Waals surface area contributed by atoms with Gasteiger partial charge in [-0.1, -0.05) is 86.6 Å². The zero-order valence-electron chi connectivity index (χ0n) is 19.0. The van der Waals surface area contributed by atoms with Crippen molar-refractivity contribution in [3.05, 3.63) is 59.7 Å². The van der Waals surface area contributed by atoms with Crippen LogP contribution in [0.3, 0.4) is 0 Å². The van der Waals surface area contributed by atoms with E-state index in [-0.39, 0.29) is 0 Å². The maximum atomic E-state index is 13.1. The zero-order valence-corrected chi connectivity index (χ0v) is 21.6. The van der Waals surface area contributed by atoms with E-state index in [9.17, 15) is 4.57 Å². The largest absolute Gasteiger partial charge is 0.321 e. The van der Waals surface area contributed by atoms with E-state index < -0.39 is 18.1 Å². The highest BCUT2D eigenvalue weighted by Gasteiger charge is 2.36. The molecule has 0 amide bonds. The minimum atomic E-state index is -2.70. The topological polar surface area (TPSA) is 35.5 Å². The Balaban J connectivity index is 2.14. The second-order valence-corrected chi connectivity index (χ2v) is 11.3. The summed E-state index contributed by atoms with van der Waals surface area (Å²) in [7, 11) is -2.70. The summed E-state index contributed by atoms with van der Waals surface area (Å²) < 4.78 is 25.4. The van der Waals surface area contributed by atoms with Crippen molar-refractivity contribution in [1.29, 1.82) is 0 Å². The van der Waals surface area contributed by atoms with Gasteiger partial charge in [-0.2, -0.15) is 0 Å². The molecule has 0 saturated heterocycles. The number of hydrogen-bond donors (Lipinski definition) is 0. The summed E-state index contributed by atoms with van der Waals surface area (Å²) >= 11 is 3.27. The third-order valence-electron chi connectivity index (χ3n) is 5.34. The SMILES string of the molecule is CCC(CC)(O[PH](=O)OC(CC)(CC)Sc1ccc(C)cc1)Sc1ccc(C)cc1. The van der Waals surface area contributed by atoms with E-state index in [2.05, 4.69) is 90.1 Å². The molecule has 0 aromatic heterocycles. The third kappa shape index (κ3) is 7.17. The maximum Gasteiger partial charge on any atom is 0.321 e. The molecule has 0 bridgehead atoms. The fourth-order valence-corrected chi connectivity index (χ4v) is 7.03. The van der Waals surface area contributed by atoms with Crippen molar-refractivity contribution in [2.24, 2.45) is 0 Å². The predicted molar refractivity (Wildman–Crippen MR) is 132 cm³/mol. The van der Waals surface area contributed by atoms with Crippen LogP contribution in [0.15, 0.2) is 58.3 Å². The number of benzene rings is 2. The Hall–Kier alpha value is -0.710. The van der Waals surface area contributed by atoms with Crippen molar-refractivity contribution < 1.29 is 13.6 Å². The fraction of sp³-hybridized carbons (Fsp3) is 0.500. The summed E-state index contributed by atoms with van der Waals surface area (Å²) in [6.07, 6.45) is 2.99. The molecule has 0 radical (unpaired) electrons.